The van der Waals surface area contributed by atoms with Gasteiger partial charge in [-0.1, -0.05) is 11.8 Å². The first-order chi connectivity index (χ1) is 17.5. The van der Waals surface area contributed by atoms with Gasteiger partial charge in [0.1, 0.15) is 18.0 Å². The van der Waals surface area contributed by atoms with Crippen LogP contribution in [0.3, 0.4) is 0 Å². The number of nitrogens with one attached hydrogen (secondary N) is 4. The number of unbranched alkanes of at least 4 members (excludes halogenated alkanes) is 1. The predicted octanol–water partition coefficient (Wildman–Crippen LogP) is 3.35. The van der Waals surface area contributed by atoms with Gasteiger partial charge in [-0.3, -0.25) is 4.79 Å². The van der Waals surface area contributed by atoms with Crippen LogP contribution < -0.4 is 21.7 Å². The Morgan fingerprint density at radius 3 is 2.70 bits per heavy atom. The Bertz CT molecular complexity index is 1160. The molecule has 0 aliphatic carbocycles. The number of aromatic nitrogens is 2. The average Bonchev–Trinajstić information content (AvgIpc) is 2.81. The molecule has 2 aromatic rings. The third-order valence-corrected chi connectivity index (χ3v) is 4.74. The molecule has 0 saturated heterocycles. The minimum absolute atomic E-state index is 0.0796. The van der Waals surface area contributed by atoms with Gasteiger partial charge in [0.2, 0.25) is 11.9 Å². The van der Waals surface area contributed by atoms with Gasteiger partial charge in [-0.2, -0.15) is 4.98 Å². The van der Waals surface area contributed by atoms with Gasteiger partial charge < -0.3 is 36.7 Å². The molecule has 1 aromatic heterocycles. The van der Waals surface area contributed by atoms with Gasteiger partial charge in [0, 0.05) is 49.7 Å². The number of nitrogens with zero attached hydrogens (tertiary/aromatic N) is 3. The zero-order chi connectivity index (χ0) is 27.4. The van der Waals surface area contributed by atoms with Crippen LogP contribution in [0.5, 0.6) is 0 Å². The summed E-state index contributed by atoms with van der Waals surface area (Å²) in [7, 11) is 1.52. The molecule has 0 unspecified atom stereocenters. The number of carbonyl (C=O) groups excluding carboxylic acids is 2. The van der Waals surface area contributed by atoms with Gasteiger partial charge in [0.05, 0.1) is 11.8 Å². The van der Waals surface area contributed by atoms with Crippen molar-refractivity contribution in [2.75, 3.05) is 43.0 Å². The minimum Gasteiger partial charge on any atom is -0.444 e. The minimum atomic E-state index is -0.614. The molecular formula is C26H36N8O3. The lowest BCUT2D eigenvalue weighted by atomic mass is 10.2. The zero-order valence-corrected chi connectivity index (χ0v) is 22.1. The molecule has 0 saturated carbocycles. The lowest BCUT2D eigenvalue weighted by Crippen LogP contribution is -2.41. The maximum Gasteiger partial charge on any atom is 0.410 e. The van der Waals surface area contributed by atoms with E-state index in [1.54, 1.807) is 45.2 Å². The molecule has 0 atom stereocenters. The van der Waals surface area contributed by atoms with Crippen LogP contribution in [0.2, 0.25) is 0 Å². The molecule has 0 aliphatic heterocycles. The average molecular weight is 509 g/mol. The van der Waals surface area contributed by atoms with E-state index >= 15 is 0 Å². The smallest absolute Gasteiger partial charge is 0.410 e. The van der Waals surface area contributed by atoms with Gasteiger partial charge >= 0.3 is 6.09 Å². The standard InChI is InChI=1S/C26H36N8O3/c1-6-29-23-19(16-31-24(33-23)32-20-12-11-18(15-27)21(28)14-20)10-8-7-9-13-30-22(35)17-34(5)25(36)37-26(2,3)4/h11-12,14-16,27H,6-7,9,13,17,28H2,1-5H3,(H,30,35)(H2,29,31,32,33). The van der Waals surface area contributed by atoms with E-state index in [1.807, 2.05) is 6.92 Å². The maximum atomic E-state index is 12.1. The molecule has 11 nitrogen and oxygen atoms in total. The van der Waals surface area contributed by atoms with E-state index in [0.717, 1.165) is 0 Å². The summed E-state index contributed by atoms with van der Waals surface area (Å²) in [6, 6.07) is 5.27. The molecule has 1 heterocycles. The number of ether oxygens (including phenoxy) is 1. The highest BCUT2D eigenvalue weighted by molar-refractivity contribution is 5.86. The molecule has 6 N–H and O–H groups in total. The van der Waals surface area contributed by atoms with Gasteiger partial charge in [-0.25, -0.2) is 9.78 Å². The van der Waals surface area contributed by atoms with E-state index < -0.39 is 11.7 Å². The van der Waals surface area contributed by atoms with Crippen molar-refractivity contribution in [3.05, 3.63) is 35.5 Å². The SMILES string of the molecule is CCNc1nc(Nc2ccc(C=N)c(N)c2)ncc1C#CCCCNC(=O)CN(C)C(=O)OC(C)(C)C. The quantitative estimate of drug-likeness (QED) is 0.141. The Labute approximate surface area is 218 Å². The molecular weight excluding hydrogens is 472 g/mol. The second kappa shape index (κ2) is 13.7. The molecule has 1 aromatic carbocycles. The molecule has 0 bridgehead atoms. The van der Waals surface area contributed by atoms with Crippen LogP contribution >= 0.6 is 0 Å². The van der Waals surface area contributed by atoms with Crippen LogP contribution in [0.4, 0.5) is 27.9 Å². The Balaban J connectivity index is 1.87. The third-order valence-electron chi connectivity index (χ3n) is 4.74. The number of amides is 2. The van der Waals surface area contributed by atoms with Gasteiger partial charge in [0.25, 0.3) is 0 Å². The molecule has 0 fully saturated rings. The van der Waals surface area contributed by atoms with Crippen molar-refractivity contribution in [1.29, 1.82) is 5.41 Å². The first kappa shape index (κ1) is 28.9. The van der Waals surface area contributed by atoms with Crippen LogP contribution in [-0.2, 0) is 9.53 Å². The van der Waals surface area contributed by atoms with Gasteiger partial charge in [-0.15, -0.1) is 0 Å². The third kappa shape index (κ3) is 10.0. The summed E-state index contributed by atoms with van der Waals surface area (Å²) in [5.41, 5.74) is 7.82. The van der Waals surface area contributed by atoms with Crippen molar-refractivity contribution in [2.24, 2.45) is 0 Å². The lowest BCUT2D eigenvalue weighted by molar-refractivity contribution is -0.122. The van der Waals surface area contributed by atoms with Crippen LogP contribution in [0, 0.1) is 17.3 Å². The fraction of sp³-hybridized carbons (Fsp3) is 0.423. The number of rotatable bonds is 10. The van der Waals surface area contributed by atoms with Crippen LogP contribution in [0.15, 0.2) is 24.4 Å². The molecule has 0 spiro atoms. The molecule has 0 radical (unpaired) electrons. The lowest BCUT2D eigenvalue weighted by Gasteiger charge is -2.24. The van der Waals surface area contributed by atoms with Crippen molar-refractivity contribution in [3.63, 3.8) is 0 Å². The monoisotopic (exact) mass is 508 g/mol. The van der Waals surface area contributed by atoms with E-state index in [0.29, 0.717) is 60.2 Å². The number of carbonyl (C=O) groups is 2. The summed E-state index contributed by atoms with van der Waals surface area (Å²) >= 11 is 0. The topological polar surface area (TPSA) is 158 Å². The second-order valence-electron chi connectivity index (χ2n) is 9.19. The molecule has 0 aliphatic rings. The van der Waals surface area contributed by atoms with Crippen molar-refractivity contribution >= 4 is 41.4 Å². The van der Waals surface area contributed by atoms with Crippen LogP contribution in [0.1, 0.15) is 51.7 Å². The number of likely N-dealkylation sites (N-methyl/N-ethyl adjacent to an activating group) is 1. The van der Waals surface area contributed by atoms with Crippen LogP contribution in [0.25, 0.3) is 0 Å². The number of hydrogen-bond acceptors (Lipinski definition) is 9. The summed E-state index contributed by atoms with van der Waals surface area (Å²) in [6.45, 7) is 8.31. The highest BCUT2D eigenvalue weighted by Crippen LogP contribution is 2.21. The highest BCUT2D eigenvalue weighted by atomic mass is 16.6. The van der Waals surface area contributed by atoms with Gasteiger partial charge in [0.15, 0.2) is 0 Å². The van der Waals surface area contributed by atoms with Gasteiger partial charge in [-0.05, 0) is 52.3 Å². The van der Waals surface area contributed by atoms with E-state index in [4.69, 9.17) is 15.9 Å². The Hall–Kier alpha value is -4.33. The summed E-state index contributed by atoms with van der Waals surface area (Å²) in [5, 5.41) is 16.4. The van der Waals surface area contributed by atoms with E-state index in [1.165, 1.54) is 18.2 Å². The van der Waals surface area contributed by atoms with Crippen molar-refractivity contribution < 1.29 is 14.3 Å². The Kier molecular flexibility index (Phi) is 10.7. The predicted molar refractivity (Wildman–Crippen MR) is 146 cm³/mol. The summed E-state index contributed by atoms with van der Waals surface area (Å²) in [4.78, 5) is 34.1. The second-order valence-corrected chi connectivity index (χ2v) is 9.19. The summed E-state index contributed by atoms with van der Waals surface area (Å²) < 4.78 is 5.23. The summed E-state index contributed by atoms with van der Waals surface area (Å²) in [5.74, 6) is 6.90. The normalized spacial score (nSPS) is 10.5. The molecule has 37 heavy (non-hydrogen) atoms. The number of hydrogen-bond donors (Lipinski definition) is 5. The molecule has 2 rings (SSSR count). The largest absolute Gasteiger partial charge is 0.444 e. The fourth-order valence-corrected chi connectivity index (χ4v) is 2.99. The zero-order valence-electron chi connectivity index (χ0n) is 22.1. The Morgan fingerprint density at radius 2 is 2.05 bits per heavy atom. The van der Waals surface area contributed by atoms with Crippen molar-refractivity contribution in [1.82, 2.24) is 20.2 Å². The fourth-order valence-electron chi connectivity index (χ4n) is 2.99. The van der Waals surface area contributed by atoms with E-state index in [2.05, 4.69) is 37.8 Å². The number of nitrogens with two attached hydrogens (primary N) is 1. The molecule has 11 heteroatoms. The van der Waals surface area contributed by atoms with Crippen molar-refractivity contribution in [3.8, 4) is 11.8 Å². The first-order valence-electron chi connectivity index (χ1n) is 12.0. The van der Waals surface area contributed by atoms with E-state index in [9.17, 15) is 9.59 Å². The maximum absolute atomic E-state index is 12.1. The van der Waals surface area contributed by atoms with E-state index in [-0.39, 0.29) is 12.5 Å². The molecule has 198 valence electrons. The molecule has 2 amide bonds. The number of anilines is 4. The summed E-state index contributed by atoms with van der Waals surface area (Å²) in [6.07, 6.45) is 3.51. The van der Waals surface area contributed by atoms with Crippen LogP contribution in [-0.4, -0.2) is 65.4 Å². The van der Waals surface area contributed by atoms with Crippen molar-refractivity contribution in [2.45, 2.75) is 46.1 Å². The first-order valence-corrected chi connectivity index (χ1v) is 12.0. The number of benzene rings is 1. The highest BCUT2D eigenvalue weighted by Gasteiger charge is 2.20. The number of nitrogen functional groups attached to an aromatic ring is 1. The Morgan fingerprint density at radius 1 is 1.30 bits per heavy atom.